The first-order valence-corrected chi connectivity index (χ1v) is 10.2. The summed E-state index contributed by atoms with van der Waals surface area (Å²) in [6.45, 7) is -0.856. The van der Waals surface area contributed by atoms with Crippen LogP contribution in [0.15, 0.2) is 36.5 Å². The molecule has 0 aliphatic carbocycles. The zero-order valence-electron chi connectivity index (χ0n) is 17.1. The van der Waals surface area contributed by atoms with Gasteiger partial charge in [0.15, 0.2) is 0 Å². The predicted molar refractivity (Wildman–Crippen MR) is 117 cm³/mol. The molecule has 2 aromatic rings. The van der Waals surface area contributed by atoms with E-state index in [0.717, 1.165) is 0 Å². The summed E-state index contributed by atoms with van der Waals surface area (Å²) in [5.41, 5.74) is 0.381. The molecule has 0 spiro atoms. The van der Waals surface area contributed by atoms with Gasteiger partial charge in [-0.1, -0.05) is 35.3 Å². The number of pyridine rings is 1. The average Bonchev–Trinajstić information content (AvgIpc) is 2.78. The molecule has 12 heteroatoms. The molecule has 1 aromatic heterocycles. The minimum Gasteiger partial charge on any atom is -0.447 e. The van der Waals surface area contributed by atoms with Crippen LogP contribution in [0.2, 0.25) is 10.0 Å². The van der Waals surface area contributed by atoms with Gasteiger partial charge in [0.1, 0.15) is 18.2 Å². The third-order valence-electron chi connectivity index (χ3n) is 4.45. The number of carbonyl (C=O) groups is 2. The Bertz CT molecular complexity index is 919. The molecule has 1 heterocycles. The van der Waals surface area contributed by atoms with Crippen molar-refractivity contribution < 1.29 is 28.9 Å². The van der Waals surface area contributed by atoms with E-state index in [-0.39, 0.29) is 30.4 Å². The summed E-state index contributed by atoms with van der Waals surface area (Å²) in [5.74, 6) is -0.394. The van der Waals surface area contributed by atoms with Gasteiger partial charge in [-0.2, -0.15) is 0 Å². The van der Waals surface area contributed by atoms with Crippen LogP contribution >= 0.6 is 23.2 Å². The predicted octanol–water partition coefficient (Wildman–Crippen LogP) is 3.03. The normalized spacial score (nSPS) is 12.6. The van der Waals surface area contributed by atoms with Gasteiger partial charge >= 0.3 is 12.1 Å². The summed E-state index contributed by atoms with van der Waals surface area (Å²) in [6.07, 6.45) is -0.685. The Morgan fingerprint density at radius 1 is 1.28 bits per heavy atom. The number of amides is 3. The van der Waals surface area contributed by atoms with E-state index < -0.39 is 36.7 Å². The summed E-state index contributed by atoms with van der Waals surface area (Å²) in [5, 5.41) is 24.3. The number of urea groups is 1. The molecular weight excluding hydrogens is 466 g/mol. The van der Waals surface area contributed by atoms with Crippen molar-refractivity contribution in [1.82, 2.24) is 15.2 Å². The summed E-state index contributed by atoms with van der Waals surface area (Å²) in [7, 11) is 1.43. The van der Waals surface area contributed by atoms with E-state index in [1.165, 1.54) is 42.4 Å². The maximum Gasteiger partial charge on any atom is 0.412 e. The molecule has 0 saturated carbocycles. The third kappa shape index (κ3) is 7.79. The molecule has 4 N–H and O–H groups in total. The second-order valence-corrected chi connectivity index (χ2v) is 7.61. The van der Waals surface area contributed by atoms with Crippen LogP contribution in [0.1, 0.15) is 12.0 Å². The number of anilines is 1. The van der Waals surface area contributed by atoms with Crippen LogP contribution in [0.5, 0.6) is 0 Å². The second-order valence-electron chi connectivity index (χ2n) is 6.79. The van der Waals surface area contributed by atoms with E-state index in [2.05, 4.69) is 15.6 Å². The molecule has 2 rings (SSSR count). The number of carbonyl (C=O) groups excluding carboxylic acids is 2. The van der Waals surface area contributed by atoms with Crippen molar-refractivity contribution >= 4 is 41.1 Å². The van der Waals surface area contributed by atoms with Crippen LogP contribution in [0.25, 0.3) is 0 Å². The highest BCUT2D eigenvalue weighted by Crippen LogP contribution is 2.19. The molecule has 1 unspecified atom stereocenters. The molecule has 9 nitrogen and oxygen atoms in total. The van der Waals surface area contributed by atoms with Gasteiger partial charge in [0.25, 0.3) is 0 Å². The number of rotatable bonds is 9. The first kappa shape index (κ1) is 25.6. The van der Waals surface area contributed by atoms with E-state index in [9.17, 15) is 19.1 Å². The zero-order valence-corrected chi connectivity index (χ0v) is 18.6. The van der Waals surface area contributed by atoms with Crippen LogP contribution in [0.3, 0.4) is 0 Å². The van der Waals surface area contributed by atoms with Gasteiger partial charge in [-0.25, -0.2) is 19.0 Å². The number of halogens is 3. The number of aliphatic hydroxyl groups is 2. The van der Waals surface area contributed by atoms with Crippen molar-refractivity contribution in [3.8, 4) is 0 Å². The van der Waals surface area contributed by atoms with E-state index >= 15 is 0 Å². The molecule has 3 amide bonds. The average molecular weight is 489 g/mol. The van der Waals surface area contributed by atoms with Gasteiger partial charge in [-0.05, 0) is 30.2 Å². The maximum atomic E-state index is 13.6. The molecule has 174 valence electrons. The van der Waals surface area contributed by atoms with Crippen molar-refractivity contribution in [3.63, 3.8) is 0 Å². The summed E-state index contributed by atoms with van der Waals surface area (Å²) in [4.78, 5) is 29.7. The lowest BCUT2D eigenvalue weighted by atomic mass is 10.1. The maximum absolute atomic E-state index is 13.6. The Kier molecular flexibility index (Phi) is 9.92. The molecule has 0 bridgehead atoms. The lowest BCUT2D eigenvalue weighted by Crippen LogP contribution is -2.47. The number of hydrogen-bond donors (Lipinski definition) is 4. The third-order valence-corrected chi connectivity index (χ3v) is 5.10. The molecule has 0 saturated heterocycles. The molecule has 2 atom stereocenters. The van der Waals surface area contributed by atoms with E-state index in [1.807, 2.05) is 0 Å². The fourth-order valence-electron chi connectivity index (χ4n) is 2.64. The zero-order chi connectivity index (χ0) is 23.7. The van der Waals surface area contributed by atoms with Gasteiger partial charge in [0.05, 0.1) is 28.8 Å². The van der Waals surface area contributed by atoms with Crippen molar-refractivity contribution in [1.29, 1.82) is 0 Å². The summed E-state index contributed by atoms with van der Waals surface area (Å²) in [6, 6.07) is 5.90. The van der Waals surface area contributed by atoms with Crippen LogP contribution in [-0.2, 0) is 11.3 Å². The topological polar surface area (TPSA) is 124 Å². The first-order valence-electron chi connectivity index (χ1n) is 9.49. The minimum atomic E-state index is -1.14. The molecule has 32 heavy (non-hydrogen) atoms. The molecule has 0 aliphatic rings. The van der Waals surface area contributed by atoms with E-state index in [0.29, 0.717) is 10.6 Å². The van der Waals surface area contributed by atoms with Gasteiger partial charge in [-0.15, -0.1) is 0 Å². The quantitative estimate of drug-likeness (QED) is 0.430. The number of nitrogens with one attached hydrogen (secondary N) is 2. The van der Waals surface area contributed by atoms with Crippen LogP contribution < -0.4 is 10.6 Å². The number of aromatic nitrogens is 1. The molecule has 0 aliphatic heterocycles. The van der Waals surface area contributed by atoms with Crippen molar-refractivity contribution in [2.45, 2.75) is 25.1 Å². The summed E-state index contributed by atoms with van der Waals surface area (Å²) < 4.78 is 18.7. The standard InChI is InChI=1S/C20H23Cl2FN4O5/c1-27(19(30)25-8-12-3-2-4-16(23)18(12)22)14(7-15(29)10-28)11-32-20(31)26-17-6-5-13(21)9-24-17/h2-6,9,14-15,28-29H,7-8,10-11H2,1H3,(H,25,30)(H,24,26,31)/t14-,15?/m0/s1. The van der Waals surface area contributed by atoms with Gasteiger partial charge < -0.3 is 25.2 Å². The van der Waals surface area contributed by atoms with Gasteiger partial charge in [-0.3, -0.25) is 5.32 Å². The first-order chi connectivity index (χ1) is 15.2. The number of likely N-dealkylation sites (N-methyl/N-ethyl adjacent to an activating group) is 1. The van der Waals surface area contributed by atoms with Crippen LogP contribution in [0.4, 0.5) is 19.8 Å². The number of aliphatic hydroxyl groups excluding tert-OH is 2. The Labute approximate surface area is 194 Å². The Morgan fingerprint density at radius 3 is 2.69 bits per heavy atom. The smallest absolute Gasteiger partial charge is 0.412 e. The highest BCUT2D eigenvalue weighted by molar-refractivity contribution is 6.31. The fourth-order valence-corrected chi connectivity index (χ4v) is 2.94. The minimum absolute atomic E-state index is 0.0430. The van der Waals surface area contributed by atoms with Gasteiger partial charge in [0.2, 0.25) is 0 Å². The fraction of sp³-hybridized carbons (Fsp3) is 0.350. The molecule has 1 aromatic carbocycles. The molecule has 0 radical (unpaired) electrons. The Morgan fingerprint density at radius 2 is 2.03 bits per heavy atom. The Hall–Kier alpha value is -2.66. The van der Waals surface area contributed by atoms with E-state index in [4.69, 9.17) is 33.0 Å². The van der Waals surface area contributed by atoms with Gasteiger partial charge in [0, 0.05) is 19.8 Å². The number of hydrogen-bond acceptors (Lipinski definition) is 6. The van der Waals surface area contributed by atoms with E-state index in [1.54, 1.807) is 6.07 Å². The van der Waals surface area contributed by atoms with Crippen molar-refractivity contribution in [2.75, 3.05) is 25.6 Å². The van der Waals surface area contributed by atoms with Crippen molar-refractivity contribution in [3.05, 3.63) is 58.0 Å². The number of ether oxygens (including phenoxy) is 1. The second kappa shape index (κ2) is 12.4. The highest BCUT2D eigenvalue weighted by atomic mass is 35.5. The largest absolute Gasteiger partial charge is 0.447 e. The number of nitrogens with zero attached hydrogens (tertiary/aromatic N) is 2. The van der Waals surface area contributed by atoms with Crippen LogP contribution in [0, 0.1) is 5.82 Å². The molecular formula is C20H23Cl2FN4O5. The lowest BCUT2D eigenvalue weighted by Gasteiger charge is -2.29. The highest BCUT2D eigenvalue weighted by Gasteiger charge is 2.24. The SMILES string of the molecule is CN(C(=O)NCc1cccc(F)c1Cl)[C@H](COC(=O)Nc1ccc(Cl)cn1)CC(O)CO. The number of benzene rings is 1. The monoisotopic (exact) mass is 488 g/mol. The lowest BCUT2D eigenvalue weighted by molar-refractivity contribution is 0.0480. The van der Waals surface area contributed by atoms with Crippen LogP contribution in [-0.4, -0.2) is 64.6 Å². The summed E-state index contributed by atoms with van der Waals surface area (Å²) >= 11 is 11.6. The van der Waals surface area contributed by atoms with Crippen molar-refractivity contribution in [2.24, 2.45) is 0 Å². The molecule has 0 fully saturated rings. The Balaban J connectivity index is 1.96.